The molecule has 1 aromatic rings. The van der Waals surface area contributed by atoms with Crippen LogP contribution in [0.15, 0.2) is 4.52 Å². The average molecular weight is 294 g/mol. The Hall–Kier alpha value is -1.47. The van der Waals surface area contributed by atoms with Crippen molar-refractivity contribution in [3.05, 3.63) is 11.7 Å². The molecule has 0 aromatic carbocycles. The lowest BCUT2D eigenvalue weighted by Gasteiger charge is -2.39. The van der Waals surface area contributed by atoms with Crippen LogP contribution in [0.3, 0.4) is 0 Å². The third kappa shape index (κ3) is 2.80. The zero-order chi connectivity index (χ0) is 14.9. The summed E-state index contributed by atoms with van der Waals surface area (Å²) in [5.74, 6) is 1.45. The number of likely N-dealkylation sites (tertiary alicyclic amines) is 2. The van der Waals surface area contributed by atoms with Crippen molar-refractivity contribution in [2.45, 2.75) is 32.7 Å². The van der Waals surface area contributed by atoms with E-state index in [0.29, 0.717) is 24.8 Å². The van der Waals surface area contributed by atoms with E-state index >= 15 is 0 Å². The minimum Gasteiger partial charge on any atom is -0.395 e. The van der Waals surface area contributed by atoms with Crippen LogP contribution < -0.4 is 0 Å². The molecule has 1 N–H and O–H groups in total. The fourth-order valence-corrected chi connectivity index (χ4v) is 3.56. The first-order chi connectivity index (χ1) is 10.1. The zero-order valence-corrected chi connectivity index (χ0v) is 12.4. The van der Waals surface area contributed by atoms with Gasteiger partial charge in [0.1, 0.15) is 0 Å². The summed E-state index contributed by atoms with van der Waals surface area (Å²) in [6.45, 7) is 5.29. The van der Waals surface area contributed by atoms with Gasteiger partial charge in [-0.15, -0.1) is 0 Å². The maximum Gasteiger partial charge on any atom is 0.230 e. The van der Waals surface area contributed by atoms with Crippen LogP contribution in [0.4, 0.5) is 0 Å². The van der Waals surface area contributed by atoms with Crippen LogP contribution in [0, 0.1) is 12.3 Å². The number of amides is 1. The molecule has 0 aliphatic carbocycles. The molecule has 0 bridgehead atoms. The number of aliphatic hydroxyl groups excluding tert-OH is 1. The largest absolute Gasteiger partial charge is 0.395 e. The molecular weight excluding hydrogens is 272 g/mol. The average Bonchev–Trinajstić information content (AvgIpc) is 3.04. The lowest BCUT2D eigenvalue weighted by atomic mass is 9.78. The fourth-order valence-electron chi connectivity index (χ4n) is 3.56. The number of aliphatic hydroxyl groups is 1. The topological polar surface area (TPSA) is 82.7 Å². The molecule has 7 heteroatoms. The number of hydrogen-bond donors (Lipinski definition) is 1. The Labute approximate surface area is 123 Å². The third-order valence-corrected chi connectivity index (χ3v) is 4.56. The highest BCUT2D eigenvalue weighted by molar-refractivity contribution is 5.84. The summed E-state index contributed by atoms with van der Waals surface area (Å²) in [5, 5.41) is 13.0. The van der Waals surface area contributed by atoms with Crippen molar-refractivity contribution < 1.29 is 14.4 Å². The number of carbonyl (C=O) groups is 1. The normalized spacial score (nSPS) is 27.0. The van der Waals surface area contributed by atoms with Crippen molar-refractivity contribution in [1.29, 1.82) is 0 Å². The van der Waals surface area contributed by atoms with E-state index in [-0.39, 0.29) is 17.9 Å². The number of aryl methyl sites for hydroxylation is 1. The summed E-state index contributed by atoms with van der Waals surface area (Å²) in [5.41, 5.74) is -0.272. The molecule has 1 amide bonds. The molecule has 2 aliphatic rings. The zero-order valence-electron chi connectivity index (χ0n) is 12.4. The van der Waals surface area contributed by atoms with Crippen LogP contribution in [0.2, 0.25) is 0 Å². The maximum absolute atomic E-state index is 12.7. The van der Waals surface area contributed by atoms with Gasteiger partial charge in [0.25, 0.3) is 0 Å². The molecule has 7 nitrogen and oxygen atoms in total. The van der Waals surface area contributed by atoms with Crippen molar-refractivity contribution >= 4 is 5.91 Å². The number of nitrogens with zero attached hydrogens (tertiary/aromatic N) is 4. The quantitative estimate of drug-likeness (QED) is 0.853. The second kappa shape index (κ2) is 5.73. The van der Waals surface area contributed by atoms with Crippen molar-refractivity contribution in [2.75, 3.05) is 32.8 Å². The van der Waals surface area contributed by atoms with Crippen LogP contribution in [0.25, 0.3) is 0 Å². The van der Waals surface area contributed by atoms with Gasteiger partial charge in [-0.1, -0.05) is 5.16 Å². The summed E-state index contributed by atoms with van der Waals surface area (Å²) in [6.07, 6.45) is 2.83. The molecular formula is C14H22N4O3. The summed E-state index contributed by atoms with van der Waals surface area (Å²) in [7, 11) is 0. The monoisotopic (exact) mass is 294 g/mol. The van der Waals surface area contributed by atoms with E-state index in [1.807, 2.05) is 4.90 Å². The van der Waals surface area contributed by atoms with E-state index in [2.05, 4.69) is 15.0 Å². The van der Waals surface area contributed by atoms with Crippen molar-refractivity contribution in [3.8, 4) is 0 Å². The van der Waals surface area contributed by atoms with Crippen molar-refractivity contribution in [1.82, 2.24) is 19.9 Å². The van der Waals surface area contributed by atoms with Gasteiger partial charge in [0, 0.05) is 26.6 Å². The molecule has 2 saturated heterocycles. The van der Waals surface area contributed by atoms with Crippen molar-refractivity contribution in [3.63, 3.8) is 0 Å². The van der Waals surface area contributed by atoms with Crippen LogP contribution >= 0.6 is 0 Å². The van der Waals surface area contributed by atoms with Gasteiger partial charge in [0.05, 0.1) is 18.6 Å². The predicted molar refractivity (Wildman–Crippen MR) is 74.3 cm³/mol. The SMILES string of the molecule is Cc1nc(CN2CC[C@]3(CCCN(CCO)C3=O)C2)no1. The van der Waals surface area contributed by atoms with Gasteiger partial charge >= 0.3 is 0 Å². The molecule has 3 heterocycles. The Kier molecular flexibility index (Phi) is 3.95. The fraction of sp³-hybridized carbons (Fsp3) is 0.786. The van der Waals surface area contributed by atoms with Gasteiger partial charge in [-0.3, -0.25) is 9.69 Å². The van der Waals surface area contributed by atoms with Crippen LogP contribution in [0.5, 0.6) is 0 Å². The van der Waals surface area contributed by atoms with Gasteiger partial charge in [0.15, 0.2) is 5.82 Å². The summed E-state index contributed by atoms with van der Waals surface area (Å²) in [6, 6.07) is 0. The number of carbonyl (C=O) groups excluding carboxylic acids is 1. The summed E-state index contributed by atoms with van der Waals surface area (Å²) in [4.78, 5) is 20.9. The molecule has 3 rings (SSSR count). The first-order valence-corrected chi connectivity index (χ1v) is 7.55. The molecule has 116 valence electrons. The van der Waals surface area contributed by atoms with E-state index in [9.17, 15) is 4.79 Å². The van der Waals surface area contributed by atoms with Crippen molar-refractivity contribution in [2.24, 2.45) is 5.41 Å². The Morgan fingerprint density at radius 3 is 2.95 bits per heavy atom. The second-order valence-electron chi connectivity index (χ2n) is 6.09. The number of hydrogen-bond acceptors (Lipinski definition) is 6. The van der Waals surface area contributed by atoms with Gasteiger partial charge in [-0.2, -0.15) is 4.98 Å². The molecule has 1 atom stereocenters. The van der Waals surface area contributed by atoms with Crippen LogP contribution in [0.1, 0.15) is 31.0 Å². The molecule has 0 unspecified atom stereocenters. The Balaban J connectivity index is 1.65. The first kappa shape index (κ1) is 14.5. The molecule has 21 heavy (non-hydrogen) atoms. The molecule has 0 radical (unpaired) electrons. The summed E-state index contributed by atoms with van der Waals surface area (Å²) < 4.78 is 4.99. The highest BCUT2D eigenvalue weighted by atomic mass is 16.5. The number of rotatable bonds is 4. The second-order valence-corrected chi connectivity index (χ2v) is 6.09. The highest BCUT2D eigenvalue weighted by Gasteiger charge is 2.48. The highest BCUT2D eigenvalue weighted by Crippen LogP contribution is 2.40. The lowest BCUT2D eigenvalue weighted by Crippen LogP contribution is -2.50. The number of piperidine rings is 1. The van der Waals surface area contributed by atoms with E-state index in [1.165, 1.54) is 0 Å². The van der Waals surface area contributed by atoms with E-state index in [0.717, 1.165) is 38.9 Å². The van der Waals surface area contributed by atoms with E-state index in [4.69, 9.17) is 9.63 Å². The molecule has 2 aliphatic heterocycles. The van der Waals surface area contributed by atoms with Gasteiger partial charge < -0.3 is 14.5 Å². The summed E-state index contributed by atoms with van der Waals surface area (Å²) >= 11 is 0. The Morgan fingerprint density at radius 2 is 2.24 bits per heavy atom. The number of β-amino-alcohol motifs (C(OH)–C–C–N with tert-alkyl or cyclic N) is 1. The molecule has 1 aromatic heterocycles. The van der Waals surface area contributed by atoms with Crippen LogP contribution in [-0.2, 0) is 11.3 Å². The minimum atomic E-state index is -0.272. The first-order valence-electron chi connectivity index (χ1n) is 7.55. The molecule has 2 fully saturated rings. The minimum absolute atomic E-state index is 0.0354. The van der Waals surface area contributed by atoms with Gasteiger partial charge in [-0.25, -0.2) is 0 Å². The number of aromatic nitrogens is 2. The molecule has 1 spiro atoms. The molecule has 0 saturated carbocycles. The van der Waals surface area contributed by atoms with E-state index in [1.54, 1.807) is 6.92 Å². The Morgan fingerprint density at radius 1 is 1.38 bits per heavy atom. The lowest BCUT2D eigenvalue weighted by molar-refractivity contribution is -0.146. The van der Waals surface area contributed by atoms with Gasteiger partial charge in [0.2, 0.25) is 11.8 Å². The van der Waals surface area contributed by atoms with E-state index < -0.39 is 0 Å². The maximum atomic E-state index is 12.7. The van der Waals surface area contributed by atoms with Gasteiger partial charge in [-0.05, 0) is 25.8 Å². The smallest absolute Gasteiger partial charge is 0.230 e. The van der Waals surface area contributed by atoms with Crippen LogP contribution in [-0.4, -0.2) is 63.7 Å². The Bertz CT molecular complexity index is 516. The third-order valence-electron chi connectivity index (χ3n) is 4.56. The predicted octanol–water partition coefficient (Wildman–Crippen LogP) is 0.185. The standard InChI is InChI=1S/C14H22N4O3/c1-11-15-12(16-21-11)9-17-6-4-14(10-17)3-2-5-18(7-8-19)13(14)20/h19H,2-10H2,1H3/t14-/m1/s1.